The summed E-state index contributed by atoms with van der Waals surface area (Å²) < 4.78 is 6.72. The zero-order valence-electron chi connectivity index (χ0n) is 14.7. The Morgan fingerprint density at radius 2 is 1.86 bits per heavy atom. The number of carbonyl (C=O) groups is 2. The summed E-state index contributed by atoms with van der Waals surface area (Å²) in [5.41, 5.74) is 7.51. The monoisotopic (exact) mass is 411 g/mol. The summed E-state index contributed by atoms with van der Waals surface area (Å²) >= 11 is 5.89. The number of carboxylic acid groups (broad SMARTS) is 1. The molecule has 1 aliphatic heterocycles. The quantitative estimate of drug-likeness (QED) is 0.546. The second kappa shape index (κ2) is 7.28. The molecule has 1 atom stereocenters. The molecule has 0 spiro atoms. The number of aromatic nitrogens is 3. The zero-order chi connectivity index (χ0) is 20.5. The average molecular weight is 412 g/mol. The van der Waals surface area contributed by atoms with Crippen LogP contribution in [0, 0.1) is 0 Å². The molecular formula is C19H14ClN5O4. The third-order valence-electron chi connectivity index (χ3n) is 4.21. The van der Waals surface area contributed by atoms with Crippen molar-refractivity contribution in [1.82, 2.24) is 14.8 Å². The second-order valence-corrected chi connectivity index (χ2v) is 6.58. The highest BCUT2D eigenvalue weighted by Gasteiger charge is 2.28. The molecule has 9 nitrogen and oxygen atoms in total. The van der Waals surface area contributed by atoms with Crippen LogP contribution in [0.25, 0.3) is 5.69 Å². The molecule has 0 amide bonds. The van der Waals surface area contributed by atoms with Crippen LogP contribution in [0.15, 0.2) is 60.3 Å². The van der Waals surface area contributed by atoms with Crippen molar-refractivity contribution in [2.75, 3.05) is 11.1 Å². The lowest BCUT2D eigenvalue weighted by Crippen LogP contribution is -2.10. The fourth-order valence-corrected chi connectivity index (χ4v) is 2.90. The van der Waals surface area contributed by atoms with Crippen LogP contribution in [-0.2, 0) is 9.53 Å². The number of aromatic carboxylic acids is 1. The van der Waals surface area contributed by atoms with Crippen LogP contribution in [0.5, 0.6) is 0 Å². The molecule has 1 aromatic heterocycles. The highest BCUT2D eigenvalue weighted by Crippen LogP contribution is 2.28. The van der Waals surface area contributed by atoms with Crippen molar-refractivity contribution in [1.29, 1.82) is 0 Å². The maximum atomic E-state index is 12.2. The highest BCUT2D eigenvalue weighted by atomic mass is 35.5. The van der Waals surface area contributed by atoms with Crippen molar-refractivity contribution >= 4 is 35.4 Å². The van der Waals surface area contributed by atoms with Gasteiger partial charge in [0.05, 0.1) is 11.3 Å². The van der Waals surface area contributed by atoms with Gasteiger partial charge in [-0.25, -0.2) is 9.59 Å². The molecule has 0 bridgehead atoms. The van der Waals surface area contributed by atoms with Gasteiger partial charge >= 0.3 is 11.9 Å². The van der Waals surface area contributed by atoms with Gasteiger partial charge in [0.1, 0.15) is 11.8 Å². The van der Waals surface area contributed by atoms with E-state index in [2.05, 4.69) is 15.4 Å². The predicted octanol–water partition coefficient (Wildman–Crippen LogP) is 2.80. The molecule has 0 radical (unpaired) electrons. The number of halogens is 1. The minimum Gasteiger partial charge on any atom is -0.478 e. The standard InChI is InChI=1S/C19H14ClN5O4/c20-12-5-7-13(8-6-12)25-18(21)23-19(24-25)22-14-9-15(29-17(14)28)10-1-3-11(4-2-10)16(26)27/h1-9,15H,(H,26,27)(H3,21,22,23,24). The molecule has 2 heterocycles. The number of nitrogens with zero attached hydrogens (tertiary/aromatic N) is 3. The summed E-state index contributed by atoms with van der Waals surface area (Å²) in [4.78, 5) is 27.2. The van der Waals surface area contributed by atoms with Crippen LogP contribution < -0.4 is 11.1 Å². The molecule has 3 aromatic rings. The largest absolute Gasteiger partial charge is 0.478 e. The number of esters is 1. The minimum absolute atomic E-state index is 0.127. The number of nitrogens with two attached hydrogens (primary N) is 1. The van der Waals surface area contributed by atoms with Crippen LogP contribution in [0.3, 0.4) is 0 Å². The average Bonchev–Trinajstić information content (AvgIpc) is 3.25. The van der Waals surface area contributed by atoms with E-state index in [1.165, 1.54) is 16.8 Å². The van der Waals surface area contributed by atoms with Crippen LogP contribution >= 0.6 is 11.6 Å². The molecule has 0 saturated heterocycles. The fraction of sp³-hybridized carbons (Fsp3) is 0.0526. The van der Waals surface area contributed by atoms with Gasteiger partial charge in [0.25, 0.3) is 0 Å². The van der Waals surface area contributed by atoms with Gasteiger partial charge in [-0.15, -0.1) is 5.10 Å². The summed E-state index contributed by atoms with van der Waals surface area (Å²) in [5, 5.41) is 16.6. The Morgan fingerprint density at radius 3 is 2.52 bits per heavy atom. The van der Waals surface area contributed by atoms with Crippen LogP contribution in [0.1, 0.15) is 22.0 Å². The molecule has 0 saturated carbocycles. The number of benzene rings is 2. The minimum atomic E-state index is -1.03. The molecule has 1 unspecified atom stereocenters. The number of carboxylic acids is 1. The van der Waals surface area contributed by atoms with E-state index in [-0.39, 0.29) is 23.2 Å². The molecule has 0 fully saturated rings. The van der Waals surface area contributed by atoms with Crippen molar-refractivity contribution < 1.29 is 19.4 Å². The lowest BCUT2D eigenvalue weighted by Gasteiger charge is -2.08. The topological polar surface area (TPSA) is 132 Å². The number of nitrogen functional groups attached to an aromatic ring is 1. The Hall–Kier alpha value is -3.85. The van der Waals surface area contributed by atoms with Gasteiger partial charge in [0, 0.05) is 5.02 Å². The van der Waals surface area contributed by atoms with Crippen LogP contribution in [-0.4, -0.2) is 31.8 Å². The smallest absolute Gasteiger partial charge is 0.355 e. The molecule has 0 aliphatic carbocycles. The van der Waals surface area contributed by atoms with Crippen molar-refractivity contribution in [2.24, 2.45) is 0 Å². The van der Waals surface area contributed by atoms with E-state index in [1.807, 2.05) is 0 Å². The van der Waals surface area contributed by atoms with E-state index in [9.17, 15) is 9.59 Å². The first-order valence-corrected chi connectivity index (χ1v) is 8.80. The Morgan fingerprint density at radius 1 is 1.17 bits per heavy atom. The Balaban J connectivity index is 1.54. The number of ether oxygens (including phenoxy) is 1. The highest BCUT2D eigenvalue weighted by molar-refractivity contribution is 6.30. The first-order chi connectivity index (χ1) is 13.9. The lowest BCUT2D eigenvalue weighted by atomic mass is 10.1. The van der Waals surface area contributed by atoms with E-state index < -0.39 is 18.0 Å². The maximum Gasteiger partial charge on any atom is 0.355 e. The summed E-state index contributed by atoms with van der Waals surface area (Å²) in [7, 11) is 0. The third kappa shape index (κ3) is 3.76. The number of rotatable bonds is 5. The van der Waals surface area contributed by atoms with Gasteiger partial charge in [0.15, 0.2) is 0 Å². The molecule has 146 valence electrons. The second-order valence-electron chi connectivity index (χ2n) is 6.14. The summed E-state index contributed by atoms with van der Waals surface area (Å²) in [6, 6.07) is 12.9. The van der Waals surface area contributed by atoms with Crippen LogP contribution in [0.2, 0.25) is 5.02 Å². The number of cyclic esters (lactones) is 1. The van der Waals surface area contributed by atoms with Gasteiger partial charge in [-0.3, -0.25) is 0 Å². The van der Waals surface area contributed by atoms with Gasteiger partial charge in [-0.05, 0) is 48.0 Å². The fourth-order valence-electron chi connectivity index (χ4n) is 2.77. The normalized spacial score (nSPS) is 15.7. The van der Waals surface area contributed by atoms with Gasteiger partial charge in [-0.2, -0.15) is 9.67 Å². The summed E-state index contributed by atoms with van der Waals surface area (Å²) in [6.07, 6.45) is 0.917. The zero-order valence-corrected chi connectivity index (χ0v) is 15.5. The maximum absolute atomic E-state index is 12.2. The Kier molecular flexibility index (Phi) is 4.65. The van der Waals surface area contributed by atoms with Crippen molar-refractivity contribution in [3.8, 4) is 5.69 Å². The number of carbonyl (C=O) groups excluding carboxylic acids is 1. The molecule has 1 aliphatic rings. The van der Waals surface area contributed by atoms with Gasteiger partial charge < -0.3 is 20.9 Å². The SMILES string of the molecule is Nc1nc(NC2=CC(c3ccc(C(=O)O)cc3)OC2=O)nn1-c1ccc(Cl)cc1. The Bertz CT molecular complexity index is 1120. The summed E-state index contributed by atoms with van der Waals surface area (Å²) in [5.74, 6) is -1.36. The summed E-state index contributed by atoms with van der Waals surface area (Å²) in [6.45, 7) is 0. The van der Waals surface area contributed by atoms with Crippen molar-refractivity contribution in [3.05, 3.63) is 76.5 Å². The Labute approximate surface area is 169 Å². The predicted molar refractivity (Wildman–Crippen MR) is 105 cm³/mol. The molecule has 29 heavy (non-hydrogen) atoms. The molecule has 2 aromatic carbocycles. The molecular weight excluding hydrogens is 398 g/mol. The first-order valence-electron chi connectivity index (χ1n) is 8.42. The lowest BCUT2D eigenvalue weighted by molar-refractivity contribution is -0.139. The number of hydrogen-bond donors (Lipinski definition) is 3. The first kappa shape index (κ1) is 18.5. The number of anilines is 2. The van der Waals surface area contributed by atoms with Gasteiger partial charge in [0.2, 0.25) is 11.9 Å². The van der Waals surface area contributed by atoms with Gasteiger partial charge in [-0.1, -0.05) is 23.7 Å². The molecule has 10 heteroatoms. The van der Waals surface area contributed by atoms with Crippen molar-refractivity contribution in [3.63, 3.8) is 0 Å². The van der Waals surface area contributed by atoms with E-state index in [0.717, 1.165) is 0 Å². The van der Waals surface area contributed by atoms with E-state index >= 15 is 0 Å². The van der Waals surface area contributed by atoms with E-state index in [1.54, 1.807) is 42.5 Å². The number of nitrogens with one attached hydrogen (secondary N) is 1. The van der Waals surface area contributed by atoms with Crippen LogP contribution in [0.4, 0.5) is 11.9 Å². The number of hydrogen-bond acceptors (Lipinski definition) is 7. The molecule has 4 rings (SSSR count). The third-order valence-corrected chi connectivity index (χ3v) is 4.46. The molecule has 4 N–H and O–H groups in total. The van der Waals surface area contributed by atoms with Crippen molar-refractivity contribution in [2.45, 2.75) is 6.10 Å². The van der Waals surface area contributed by atoms with E-state index in [0.29, 0.717) is 16.3 Å². The van der Waals surface area contributed by atoms with E-state index in [4.69, 9.17) is 27.2 Å².